The van der Waals surface area contributed by atoms with Gasteiger partial charge in [-0.15, -0.1) is 5.10 Å². The van der Waals surface area contributed by atoms with Gasteiger partial charge >= 0.3 is 0 Å². The normalized spacial score (nSPS) is 17.9. The van der Waals surface area contributed by atoms with E-state index in [1.165, 1.54) is 19.3 Å². The second-order valence-electron chi connectivity index (χ2n) is 4.80. The summed E-state index contributed by atoms with van der Waals surface area (Å²) in [6.07, 6.45) is 3.87. The lowest BCUT2D eigenvalue weighted by Crippen LogP contribution is -2.33. The molecule has 0 radical (unpaired) electrons. The van der Waals surface area contributed by atoms with Crippen LogP contribution in [0.25, 0.3) is 0 Å². The van der Waals surface area contributed by atoms with E-state index in [4.69, 9.17) is 5.73 Å². The van der Waals surface area contributed by atoms with Gasteiger partial charge in [0.1, 0.15) is 0 Å². The summed E-state index contributed by atoms with van der Waals surface area (Å²) in [6.45, 7) is 2.80. The van der Waals surface area contributed by atoms with E-state index >= 15 is 0 Å². The van der Waals surface area contributed by atoms with Gasteiger partial charge in [0.15, 0.2) is 5.82 Å². The van der Waals surface area contributed by atoms with Gasteiger partial charge in [-0.2, -0.15) is 5.10 Å². The zero-order valence-corrected chi connectivity index (χ0v) is 10.1. The molecule has 0 saturated heterocycles. The second-order valence-corrected chi connectivity index (χ2v) is 4.80. The van der Waals surface area contributed by atoms with Crippen LogP contribution in [-0.4, -0.2) is 29.8 Å². The van der Waals surface area contributed by atoms with Crippen molar-refractivity contribution in [2.45, 2.75) is 38.1 Å². The zero-order chi connectivity index (χ0) is 11.5. The Bertz CT molecular complexity index is 329. The van der Waals surface area contributed by atoms with Crippen LogP contribution in [0.5, 0.6) is 0 Å². The molecule has 4 heteroatoms. The van der Waals surface area contributed by atoms with E-state index in [-0.39, 0.29) is 6.04 Å². The maximum absolute atomic E-state index is 5.75. The molecular formula is C12H20N4. The van der Waals surface area contributed by atoms with Crippen molar-refractivity contribution in [3.05, 3.63) is 17.8 Å². The van der Waals surface area contributed by atoms with Crippen molar-refractivity contribution < 1.29 is 0 Å². The van der Waals surface area contributed by atoms with Crippen molar-refractivity contribution in [2.75, 3.05) is 18.5 Å². The van der Waals surface area contributed by atoms with E-state index in [1.54, 1.807) is 0 Å². The van der Waals surface area contributed by atoms with E-state index < -0.39 is 0 Å². The first-order chi connectivity index (χ1) is 7.66. The Labute approximate surface area is 96.9 Å². The Morgan fingerprint density at radius 2 is 2.19 bits per heavy atom. The molecule has 2 rings (SSSR count). The largest absolute Gasteiger partial charge is 0.357 e. The number of likely N-dealkylation sites (N-methyl/N-ethyl adjacent to an activating group) is 1. The SMILES string of the molecule is CC(N)CN(C)c1ccc(C2CCC2)nn1. The van der Waals surface area contributed by atoms with Crippen molar-refractivity contribution in [3.8, 4) is 0 Å². The molecule has 1 heterocycles. The molecule has 88 valence electrons. The van der Waals surface area contributed by atoms with Crippen molar-refractivity contribution in [1.82, 2.24) is 10.2 Å². The third kappa shape index (κ3) is 2.50. The molecule has 16 heavy (non-hydrogen) atoms. The predicted molar refractivity (Wildman–Crippen MR) is 65.5 cm³/mol. The molecule has 0 bridgehead atoms. The van der Waals surface area contributed by atoms with Gasteiger partial charge in [0.25, 0.3) is 0 Å². The van der Waals surface area contributed by atoms with Gasteiger partial charge in [0, 0.05) is 25.6 Å². The molecule has 1 fully saturated rings. The van der Waals surface area contributed by atoms with Crippen molar-refractivity contribution in [3.63, 3.8) is 0 Å². The summed E-state index contributed by atoms with van der Waals surface area (Å²) in [6, 6.07) is 4.30. The summed E-state index contributed by atoms with van der Waals surface area (Å²) in [7, 11) is 2.00. The van der Waals surface area contributed by atoms with Crippen LogP contribution >= 0.6 is 0 Å². The quantitative estimate of drug-likeness (QED) is 0.836. The topological polar surface area (TPSA) is 55.0 Å². The average Bonchev–Trinajstić information content (AvgIpc) is 2.15. The highest BCUT2D eigenvalue weighted by Gasteiger charge is 2.21. The zero-order valence-electron chi connectivity index (χ0n) is 10.1. The Balaban J connectivity index is 2.00. The van der Waals surface area contributed by atoms with Crippen LogP contribution in [0.15, 0.2) is 12.1 Å². The van der Waals surface area contributed by atoms with Gasteiger partial charge in [-0.05, 0) is 31.9 Å². The van der Waals surface area contributed by atoms with Crippen LogP contribution in [0.2, 0.25) is 0 Å². The molecular weight excluding hydrogens is 200 g/mol. The number of hydrogen-bond acceptors (Lipinski definition) is 4. The molecule has 1 atom stereocenters. The lowest BCUT2D eigenvalue weighted by atomic mass is 9.83. The fourth-order valence-electron chi connectivity index (χ4n) is 1.99. The molecule has 0 aliphatic heterocycles. The highest BCUT2D eigenvalue weighted by molar-refractivity contribution is 5.36. The monoisotopic (exact) mass is 220 g/mol. The first-order valence-corrected chi connectivity index (χ1v) is 5.97. The Hall–Kier alpha value is -1.16. The first kappa shape index (κ1) is 11.3. The minimum absolute atomic E-state index is 0.151. The third-order valence-electron chi connectivity index (χ3n) is 3.15. The number of hydrogen-bond donors (Lipinski definition) is 1. The molecule has 1 aromatic heterocycles. The van der Waals surface area contributed by atoms with E-state index in [9.17, 15) is 0 Å². The molecule has 0 aromatic carbocycles. The lowest BCUT2D eigenvalue weighted by Gasteiger charge is -2.25. The summed E-state index contributed by atoms with van der Waals surface area (Å²) in [5, 5.41) is 8.55. The van der Waals surface area contributed by atoms with Crippen LogP contribution < -0.4 is 10.6 Å². The molecule has 1 saturated carbocycles. The van der Waals surface area contributed by atoms with Gasteiger partial charge in [-0.1, -0.05) is 6.42 Å². The Morgan fingerprint density at radius 3 is 2.62 bits per heavy atom. The summed E-state index contributed by atoms with van der Waals surface area (Å²) in [5.74, 6) is 1.56. The number of anilines is 1. The molecule has 4 nitrogen and oxygen atoms in total. The molecule has 1 aliphatic rings. The molecule has 2 N–H and O–H groups in total. The number of rotatable bonds is 4. The van der Waals surface area contributed by atoms with Gasteiger partial charge in [-0.25, -0.2) is 0 Å². The summed E-state index contributed by atoms with van der Waals surface area (Å²) >= 11 is 0. The molecule has 1 aromatic rings. The summed E-state index contributed by atoms with van der Waals surface area (Å²) < 4.78 is 0. The number of aromatic nitrogens is 2. The maximum Gasteiger partial charge on any atom is 0.151 e. The lowest BCUT2D eigenvalue weighted by molar-refractivity contribution is 0.408. The fraction of sp³-hybridized carbons (Fsp3) is 0.667. The van der Waals surface area contributed by atoms with Crippen LogP contribution in [0.3, 0.4) is 0 Å². The number of nitrogens with zero attached hydrogens (tertiary/aromatic N) is 3. The highest BCUT2D eigenvalue weighted by atomic mass is 15.2. The molecule has 0 amide bonds. The van der Waals surface area contributed by atoms with Crippen LogP contribution in [-0.2, 0) is 0 Å². The Kier molecular flexibility index (Phi) is 3.39. The van der Waals surface area contributed by atoms with Crippen LogP contribution in [0, 0.1) is 0 Å². The standard InChI is InChI=1S/C12H20N4/c1-9(13)8-16(2)12-7-6-11(14-15-12)10-4-3-5-10/h6-7,9-10H,3-5,8,13H2,1-2H3. The molecule has 0 spiro atoms. The summed E-state index contributed by atoms with van der Waals surface area (Å²) in [4.78, 5) is 2.04. The maximum atomic E-state index is 5.75. The van der Waals surface area contributed by atoms with Gasteiger partial charge in [0.2, 0.25) is 0 Å². The fourth-order valence-corrected chi connectivity index (χ4v) is 1.99. The molecule has 1 unspecified atom stereocenters. The van der Waals surface area contributed by atoms with Crippen LogP contribution in [0.4, 0.5) is 5.82 Å². The second kappa shape index (κ2) is 4.78. The summed E-state index contributed by atoms with van der Waals surface area (Å²) in [5.41, 5.74) is 6.89. The average molecular weight is 220 g/mol. The first-order valence-electron chi connectivity index (χ1n) is 5.97. The van der Waals surface area contributed by atoms with E-state index in [2.05, 4.69) is 16.3 Å². The third-order valence-corrected chi connectivity index (χ3v) is 3.15. The van der Waals surface area contributed by atoms with Crippen molar-refractivity contribution in [1.29, 1.82) is 0 Å². The molecule has 1 aliphatic carbocycles. The van der Waals surface area contributed by atoms with Gasteiger partial charge in [-0.3, -0.25) is 0 Å². The van der Waals surface area contributed by atoms with E-state index in [0.29, 0.717) is 5.92 Å². The Morgan fingerprint density at radius 1 is 1.44 bits per heavy atom. The predicted octanol–water partition coefficient (Wildman–Crippen LogP) is 1.53. The van der Waals surface area contributed by atoms with Crippen molar-refractivity contribution >= 4 is 5.82 Å². The van der Waals surface area contributed by atoms with E-state index in [0.717, 1.165) is 18.1 Å². The minimum atomic E-state index is 0.151. The highest BCUT2D eigenvalue weighted by Crippen LogP contribution is 2.34. The van der Waals surface area contributed by atoms with E-state index in [1.807, 2.05) is 24.9 Å². The number of nitrogens with two attached hydrogens (primary N) is 1. The minimum Gasteiger partial charge on any atom is -0.357 e. The smallest absolute Gasteiger partial charge is 0.151 e. The van der Waals surface area contributed by atoms with Crippen molar-refractivity contribution in [2.24, 2.45) is 5.73 Å². The van der Waals surface area contributed by atoms with Gasteiger partial charge in [0.05, 0.1) is 5.69 Å². The van der Waals surface area contributed by atoms with Gasteiger partial charge < -0.3 is 10.6 Å². The van der Waals surface area contributed by atoms with Crippen LogP contribution in [0.1, 0.15) is 37.8 Å².